The third kappa shape index (κ3) is 14.6. The Bertz CT molecular complexity index is 271. The van der Waals surface area contributed by atoms with Crippen molar-refractivity contribution in [3.63, 3.8) is 0 Å². The van der Waals surface area contributed by atoms with E-state index in [1.165, 1.54) is 12.8 Å². The van der Waals surface area contributed by atoms with E-state index in [1.807, 2.05) is 0 Å². The van der Waals surface area contributed by atoms with E-state index in [-0.39, 0.29) is 12.4 Å². The number of ether oxygens (including phenoxy) is 1. The van der Waals surface area contributed by atoms with Crippen LogP contribution in [0.25, 0.3) is 0 Å². The predicted molar refractivity (Wildman–Crippen MR) is 75.0 cm³/mol. The van der Waals surface area contributed by atoms with Gasteiger partial charge in [-0.15, -0.1) is 0 Å². The lowest BCUT2D eigenvalue weighted by molar-refractivity contribution is -0.143. The molecule has 110 valence electrons. The van der Waals surface area contributed by atoms with Crippen LogP contribution in [-0.4, -0.2) is 23.7 Å². The standard InChI is InChI=1S/C15H26O4/c1-2-3-4-5-6-10-13-19-15(18)12-9-7-8-11-14(16)17/h5-6H,2-4,7-13H2,1H3,(H,16,17)/b6-5-. The van der Waals surface area contributed by atoms with Crippen LogP contribution in [0.2, 0.25) is 0 Å². The molecule has 0 atom stereocenters. The molecule has 4 heteroatoms. The molecule has 0 aliphatic heterocycles. The third-order valence-corrected chi connectivity index (χ3v) is 2.71. The summed E-state index contributed by atoms with van der Waals surface area (Å²) in [5.74, 6) is -0.963. The van der Waals surface area contributed by atoms with E-state index in [1.54, 1.807) is 0 Å². The van der Waals surface area contributed by atoms with E-state index in [0.29, 0.717) is 25.9 Å². The number of esters is 1. The van der Waals surface area contributed by atoms with Crippen molar-refractivity contribution in [1.29, 1.82) is 0 Å². The van der Waals surface area contributed by atoms with Gasteiger partial charge in [0.2, 0.25) is 0 Å². The molecule has 0 aromatic rings. The second-order valence-electron chi connectivity index (χ2n) is 4.58. The zero-order valence-electron chi connectivity index (χ0n) is 11.9. The van der Waals surface area contributed by atoms with Crippen molar-refractivity contribution < 1.29 is 19.4 Å². The number of rotatable bonds is 12. The molecular formula is C15H26O4. The smallest absolute Gasteiger partial charge is 0.305 e. The number of hydrogen-bond donors (Lipinski definition) is 1. The Labute approximate surface area is 115 Å². The van der Waals surface area contributed by atoms with Gasteiger partial charge in [0.15, 0.2) is 0 Å². The summed E-state index contributed by atoms with van der Waals surface area (Å²) in [4.78, 5) is 21.6. The molecule has 0 saturated carbocycles. The Morgan fingerprint density at radius 2 is 1.68 bits per heavy atom. The molecule has 4 nitrogen and oxygen atoms in total. The molecule has 0 unspecified atom stereocenters. The van der Waals surface area contributed by atoms with Gasteiger partial charge < -0.3 is 9.84 Å². The average Bonchev–Trinajstić information content (AvgIpc) is 2.37. The van der Waals surface area contributed by atoms with Gasteiger partial charge in [-0.05, 0) is 25.7 Å². The summed E-state index contributed by atoms with van der Waals surface area (Å²) in [6.45, 7) is 2.60. The molecule has 0 amide bonds. The summed E-state index contributed by atoms with van der Waals surface area (Å²) >= 11 is 0. The molecule has 0 rings (SSSR count). The maximum Gasteiger partial charge on any atom is 0.305 e. The van der Waals surface area contributed by atoms with Crippen LogP contribution in [0, 0.1) is 0 Å². The normalized spacial score (nSPS) is 10.8. The van der Waals surface area contributed by atoms with Crippen molar-refractivity contribution in [3.05, 3.63) is 12.2 Å². The highest BCUT2D eigenvalue weighted by atomic mass is 16.5. The third-order valence-electron chi connectivity index (χ3n) is 2.71. The van der Waals surface area contributed by atoms with Crippen LogP contribution in [0.5, 0.6) is 0 Å². The minimum Gasteiger partial charge on any atom is -0.481 e. The van der Waals surface area contributed by atoms with Gasteiger partial charge in [-0.1, -0.05) is 38.3 Å². The first-order valence-corrected chi connectivity index (χ1v) is 7.19. The lowest BCUT2D eigenvalue weighted by Gasteiger charge is -2.02. The molecule has 0 spiro atoms. The number of aliphatic carboxylic acids is 1. The number of allylic oxidation sites excluding steroid dienone is 1. The number of hydrogen-bond acceptors (Lipinski definition) is 3. The Kier molecular flexibility index (Phi) is 12.2. The highest BCUT2D eigenvalue weighted by molar-refractivity contribution is 5.69. The van der Waals surface area contributed by atoms with E-state index >= 15 is 0 Å². The molecule has 0 fully saturated rings. The molecule has 0 saturated heterocycles. The maximum absolute atomic E-state index is 11.3. The molecule has 0 aliphatic carbocycles. The summed E-state index contributed by atoms with van der Waals surface area (Å²) in [6, 6.07) is 0. The average molecular weight is 270 g/mol. The molecule has 1 N–H and O–H groups in total. The predicted octanol–water partition coefficient (Wildman–Crippen LogP) is 3.70. The number of carbonyl (C=O) groups excluding carboxylic acids is 1. The fourth-order valence-corrected chi connectivity index (χ4v) is 1.59. The van der Waals surface area contributed by atoms with Crippen LogP contribution in [0.4, 0.5) is 0 Å². The number of carboxylic acids is 1. The van der Waals surface area contributed by atoms with Crippen LogP contribution in [0.15, 0.2) is 12.2 Å². The van der Waals surface area contributed by atoms with E-state index in [2.05, 4.69) is 19.1 Å². The summed E-state index contributed by atoms with van der Waals surface area (Å²) in [7, 11) is 0. The maximum atomic E-state index is 11.3. The van der Waals surface area contributed by atoms with Crippen molar-refractivity contribution in [2.45, 2.75) is 64.7 Å². The zero-order valence-corrected chi connectivity index (χ0v) is 11.9. The molecule has 0 aliphatic rings. The van der Waals surface area contributed by atoms with E-state index in [9.17, 15) is 9.59 Å². The molecule has 0 radical (unpaired) electrons. The lowest BCUT2D eigenvalue weighted by Crippen LogP contribution is -2.05. The molecule has 0 aromatic heterocycles. The number of carboxylic acid groups (broad SMARTS) is 1. The first-order valence-electron chi connectivity index (χ1n) is 7.19. The van der Waals surface area contributed by atoms with Crippen LogP contribution in [0.1, 0.15) is 64.7 Å². The highest BCUT2D eigenvalue weighted by Crippen LogP contribution is 2.04. The second-order valence-corrected chi connectivity index (χ2v) is 4.58. The van der Waals surface area contributed by atoms with Gasteiger partial charge in [0.05, 0.1) is 6.61 Å². The molecule has 19 heavy (non-hydrogen) atoms. The Balaban J connectivity index is 3.30. The van der Waals surface area contributed by atoms with Gasteiger partial charge >= 0.3 is 11.9 Å². The monoisotopic (exact) mass is 270 g/mol. The first-order chi connectivity index (χ1) is 9.16. The summed E-state index contributed by atoms with van der Waals surface area (Å²) < 4.78 is 5.07. The van der Waals surface area contributed by atoms with Gasteiger partial charge in [-0.2, -0.15) is 0 Å². The fourth-order valence-electron chi connectivity index (χ4n) is 1.59. The number of unbranched alkanes of at least 4 members (excludes halogenated alkanes) is 4. The van der Waals surface area contributed by atoms with Crippen LogP contribution in [0.3, 0.4) is 0 Å². The summed E-state index contributed by atoms with van der Waals surface area (Å²) in [5.41, 5.74) is 0. The zero-order chi connectivity index (χ0) is 14.3. The van der Waals surface area contributed by atoms with Gasteiger partial charge in [-0.25, -0.2) is 0 Å². The Morgan fingerprint density at radius 3 is 2.37 bits per heavy atom. The van der Waals surface area contributed by atoms with Crippen molar-refractivity contribution in [2.75, 3.05) is 6.61 Å². The van der Waals surface area contributed by atoms with Gasteiger partial charge in [0, 0.05) is 12.8 Å². The van der Waals surface area contributed by atoms with Crippen molar-refractivity contribution in [2.24, 2.45) is 0 Å². The summed E-state index contributed by atoms with van der Waals surface area (Å²) in [6.07, 6.45) is 11.1. The highest BCUT2D eigenvalue weighted by Gasteiger charge is 2.02. The SMILES string of the molecule is CCCC/C=C\CCOC(=O)CCCCCC(=O)O. The lowest BCUT2D eigenvalue weighted by atomic mass is 10.1. The minimum absolute atomic E-state index is 0.178. The second kappa shape index (κ2) is 13.1. The van der Waals surface area contributed by atoms with E-state index in [4.69, 9.17) is 9.84 Å². The number of carbonyl (C=O) groups is 2. The molecule has 0 bridgehead atoms. The van der Waals surface area contributed by atoms with Crippen LogP contribution in [-0.2, 0) is 14.3 Å². The summed E-state index contributed by atoms with van der Waals surface area (Å²) in [5, 5.41) is 8.44. The van der Waals surface area contributed by atoms with Crippen LogP contribution < -0.4 is 0 Å². The Morgan fingerprint density at radius 1 is 1.00 bits per heavy atom. The van der Waals surface area contributed by atoms with Gasteiger partial charge in [0.25, 0.3) is 0 Å². The van der Waals surface area contributed by atoms with Crippen LogP contribution >= 0.6 is 0 Å². The molecular weight excluding hydrogens is 244 g/mol. The largest absolute Gasteiger partial charge is 0.481 e. The van der Waals surface area contributed by atoms with E-state index < -0.39 is 5.97 Å². The van der Waals surface area contributed by atoms with Crippen molar-refractivity contribution in [3.8, 4) is 0 Å². The van der Waals surface area contributed by atoms with Gasteiger partial charge in [0.1, 0.15) is 0 Å². The molecule has 0 heterocycles. The Hall–Kier alpha value is -1.32. The van der Waals surface area contributed by atoms with Crippen molar-refractivity contribution in [1.82, 2.24) is 0 Å². The van der Waals surface area contributed by atoms with E-state index in [0.717, 1.165) is 19.3 Å². The van der Waals surface area contributed by atoms with Gasteiger partial charge in [-0.3, -0.25) is 9.59 Å². The molecule has 0 aromatic carbocycles. The van der Waals surface area contributed by atoms with Crippen molar-refractivity contribution >= 4 is 11.9 Å². The quantitative estimate of drug-likeness (QED) is 0.333. The fraction of sp³-hybridized carbons (Fsp3) is 0.733. The topological polar surface area (TPSA) is 63.6 Å². The minimum atomic E-state index is -0.780. The first kappa shape index (κ1) is 17.7.